The summed E-state index contributed by atoms with van der Waals surface area (Å²) in [6, 6.07) is 21.0. The quantitative estimate of drug-likeness (QED) is 0.299. The number of fused-ring (bicyclic) bond motifs is 3. The van der Waals surface area contributed by atoms with E-state index in [0.29, 0.717) is 12.0 Å². The number of rotatable bonds is 4. The van der Waals surface area contributed by atoms with Crippen molar-refractivity contribution in [1.29, 1.82) is 0 Å². The summed E-state index contributed by atoms with van der Waals surface area (Å²) in [7, 11) is 0. The summed E-state index contributed by atoms with van der Waals surface area (Å²) in [6.45, 7) is 6.42. The van der Waals surface area contributed by atoms with Gasteiger partial charge in [0.1, 0.15) is 0 Å². The Labute approximate surface area is 207 Å². The lowest BCUT2D eigenvalue weighted by atomic mass is 9.64. The molecule has 5 rings (SSSR count). The van der Waals surface area contributed by atoms with Crippen LogP contribution >= 0.6 is 15.9 Å². The molecule has 1 N–H and O–H groups in total. The van der Waals surface area contributed by atoms with E-state index in [1.54, 1.807) is 24.3 Å². The molecule has 1 amide bonds. The highest BCUT2D eigenvalue weighted by atomic mass is 79.9. The molecule has 2 unspecified atom stereocenters. The number of anilines is 1. The summed E-state index contributed by atoms with van der Waals surface area (Å²) >= 11 is 3.37. The number of amides is 1. The van der Waals surface area contributed by atoms with Gasteiger partial charge in [0.2, 0.25) is 5.91 Å². The molecule has 0 saturated heterocycles. The average Bonchev–Trinajstić information content (AvgIpc) is 3.14. The molecule has 34 heavy (non-hydrogen) atoms. The lowest BCUT2D eigenvalue weighted by Gasteiger charge is -2.39. The maximum atomic E-state index is 13.9. The standard InChI is InChI=1S/C28H27BrN2O3/c1-26(2)27(3)15-16-28(26,17-23(27)31-34-24(32)19-11-13-20(29)14-12-19)25(33)30-22-10-6-8-18-7-4-5-9-21(18)22/h4-14H,15-17H2,1-3H3,(H,30,33)/b31-23+. The second-order valence-corrected chi connectivity index (χ2v) is 11.0. The van der Waals surface area contributed by atoms with Crippen molar-refractivity contribution in [2.75, 3.05) is 5.32 Å². The summed E-state index contributed by atoms with van der Waals surface area (Å²) in [4.78, 5) is 31.8. The van der Waals surface area contributed by atoms with E-state index in [0.717, 1.165) is 39.5 Å². The van der Waals surface area contributed by atoms with Crippen LogP contribution in [0.5, 0.6) is 0 Å². The predicted octanol–water partition coefficient (Wildman–Crippen LogP) is 6.97. The molecular formula is C28H27BrN2O3. The van der Waals surface area contributed by atoms with Crippen LogP contribution < -0.4 is 5.32 Å². The van der Waals surface area contributed by atoms with Gasteiger partial charge in [0.05, 0.1) is 16.7 Å². The van der Waals surface area contributed by atoms with Crippen molar-refractivity contribution in [3.05, 3.63) is 76.8 Å². The van der Waals surface area contributed by atoms with Crippen LogP contribution in [0.1, 0.15) is 50.4 Å². The lowest BCUT2D eigenvalue weighted by molar-refractivity contribution is -0.130. The zero-order chi connectivity index (χ0) is 24.1. The average molecular weight is 519 g/mol. The Balaban J connectivity index is 1.43. The maximum Gasteiger partial charge on any atom is 0.365 e. The normalized spacial score (nSPS) is 26.1. The van der Waals surface area contributed by atoms with Crippen LogP contribution in [-0.4, -0.2) is 17.6 Å². The van der Waals surface area contributed by atoms with E-state index in [4.69, 9.17) is 4.84 Å². The first kappa shape index (κ1) is 22.8. The number of halogens is 1. The molecule has 6 heteroatoms. The van der Waals surface area contributed by atoms with Gasteiger partial charge in [0, 0.05) is 27.4 Å². The largest absolute Gasteiger partial charge is 0.365 e. The number of benzene rings is 3. The SMILES string of the molecule is CC12CCC(C(=O)Nc3cccc4ccccc34)(C/C1=N\OC(=O)c1ccc(Br)cc1)C2(C)C. The third-order valence-corrected chi connectivity index (χ3v) is 9.05. The number of hydrogen-bond acceptors (Lipinski definition) is 4. The Hall–Kier alpha value is -2.99. The van der Waals surface area contributed by atoms with Gasteiger partial charge in [-0.25, -0.2) is 4.79 Å². The molecule has 5 nitrogen and oxygen atoms in total. The van der Waals surface area contributed by atoms with Crippen LogP contribution in [-0.2, 0) is 9.63 Å². The molecule has 2 aliphatic rings. The topological polar surface area (TPSA) is 67.8 Å². The predicted molar refractivity (Wildman–Crippen MR) is 138 cm³/mol. The first-order chi connectivity index (χ1) is 16.2. The zero-order valence-corrected chi connectivity index (χ0v) is 21.1. The maximum absolute atomic E-state index is 13.9. The van der Waals surface area contributed by atoms with Crippen molar-refractivity contribution in [2.24, 2.45) is 21.4 Å². The van der Waals surface area contributed by atoms with E-state index >= 15 is 0 Å². The summed E-state index contributed by atoms with van der Waals surface area (Å²) in [5, 5.41) is 9.66. The van der Waals surface area contributed by atoms with Gasteiger partial charge in [0.15, 0.2) is 0 Å². The third-order valence-electron chi connectivity index (χ3n) is 8.52. The Morgan fingerprint density at radius 1 is 0.941 bits per heavy atom. The van der Waals surface area contributed by atoms with Gasteiger partial charge in [-0.15, -0.1) is 0 Å². The van der Waals surface area contributed by atoms with E-state index in [1.807, 2.05) is 42.5 Å². The fourth-order valence-corrected chi connectivity index (χ4v) is 6.10. The van der Waals surface area contributed by atoms with Crippen molar-refractivity contribution < 1.29 is 14.4 Å². The molecule has 174 valence electrons. The Morgan fingerprint density at radius 2 is 1.65 bits per heavy atom. The number of hydrogen-bond donors (Lipinski definition) is 1. The van der Waals surface area contributed by atoms with Crippen LogP contribution in [0.25, 0.3) is 10.8 Å². The van der Waals surface area contributed by atoms with E-state index in [9.17, 15) is 9.59 Å². The molecule has 2 saturated carbocycles. The van der Waals surface area contributed by atoms with Crippen molar-refractivity contribution in [2.45, 2.75) is 40.0 Å². The van der Waals surface area contributed by atoms with Gasteiger partial charge >= 0.3 is 5.97 Å². The Bertz CT molecular complexity index is 1330. The van der Waals surface area contributed by atoms with Gasteiger partial charge in [0.25, 0.3) is 0 Å². The van der Waals surface area contributed by atoms with E-state index < -0.39 is 11.4 Å². The molecule has 2 fully saturated rings. The Morgan fingerprint density at radius 3 is 2.41 bits per heavy atom. The number of carbonyl (C=O) groups excluding carboxylic acids is 2. The monoisotopic (exact) mass is 518 g/mol. The van der Waals surface area contributed by atoms with Crippen LogP contribution in [0, 0.1) is 16.2 Å². The first-order valence-corrected chi connectivity index (χ1v) is 12.3. The number of oxime groups is 1. The fraction of sp³-hybridized carbons (Fsp3) is 0.321. The van der Waals surface area contributed by atoms with Crippen molar-refractivity contribution in [3.63, 3.8) is 0 Å². The van der Waals surface area contributed by atoms with Crippen LogP contribution in [0.2, 0.25) is 0 Å². The lowest BCUT2D eigenvalue weighted by Crippen LogP contribution is -2.43. The van der Waals surface area contributed by atoms with Crippen LogP contribution in [0.15, 0.2) is 76.4 Å². The summed E-state index contributed by atoms with van der Waals surface area (Å²) < 4.78 is 0.886. The molecule has 3 aromatic carbocycles. The van der Waals surface area contributed by atoms with Crippen LogP contribution in [0.3, 0.4) is 0 Å². The smallest absolute Gasteiger partial charge is 0.325 e. The molecular weight excluding hydrogens is 492 g/mol. The molecule has 0 spiro atoms. The third kappa shape index (κ3) is 3.30. The van der Waals surface area contributed by atoms with E-state index in [-0.39, 0.29) is 16.7 Å². The highest BCUT2D eigenvalue weighted by molar-refractivity contribution is 9.10. The summed E-state index contributed by atoms with van der Waals surface area (Å²) in [5.41, 5.74) is 0.724. The van der Waals surface area contributed by atoms with Crippen molar-refractivity contribution in [1.82, 2.24) is 0 Å². The minimum absolute atomic E-state index is 0.00186. The second-order valence-electron chi connectivity index (χ2n) is 10.1. The van der Waals surface area contributed by atoms with Crippen molar-refractivity contribution >= 4 is 50.0 Å². The number of nitrogens with one attached hydrogen (secondary N) is 1. The van der Waals surface area contributed by atoms with Gasteiger partial charge in [-0.3, -0.25) is 4.79 Å². The number of nitrogens with zero attached hydrogens (tertiary/aromatic N) is 1. The molecule has 0 aromatic heterocycles. The second kappa shape index (κ2) is 8.05. The molecule has 2 atom stereocenters. The van der Waals surface area contributed by atoms with E-state index in [2.05, 4.69) is 47.2 Å². The number of carbonyl (C=O) groups is 2. The summed E-state index contributed by atoms with van der Waals surface area (Å²) in [5.74, 6) is -0.500. The van der Waals surface area contributed by atoms with Crippen molar-refractivity contribution in [3.8, 4) is 0 Å². The Kier molecular flexibility index (Phi) is 5.40. The molecule has 3 aromatic rings. The molecule has 2 aliphatic carbocycles. The van der Waals surface area contributed by atoms with Crippen LogP contribution in [0.4, 0.5) is 5.69 Å². The highest BCUT2D eigenvalue weighted by Gasteiger charge is 2.71. The molecule has 0 radical (unpaired) electrons. The van der Waals surface area contributed by atoms with Gasteiger partial charge in [-0.2, -0.15) is 0 Å². The minimum Gasteiger partial charge on any atom is -0.325 e. The molecule has 2 bridgehead atoms. The van der Waals surface area contributed by atoms with Gasteiger partial charge in [-0.05, 0) is 54.0 Å². The van der Waals surface area contributed by atoms with Gasteiger partial charge < -0.3 is 10.2 Å². The first-order valence-electron chi connectivity index (χ1n) is 11.5. The highest BCUT2D eigenvalue weighted by Crippen LogP contribution is 2.71. The fourth-order valence-electron chi connectivity index (χ4n) is 5.83. The summed E-state index contributed by atoms with van der Waals surface area (Å²) in [6.07, 6.45) is 2.06. The minimum atomic E-state index is -0.623. The zero-order valence-electron chi connectivity index (χ0n) is 19.5. The van der Waals surface area contributed by atoms with E-state index in [1.165, 1.54) is 0 Å². The van der Waals surface area contributed by atoms with Gasteiger partial charge in [-0.1, -0.05) is 78.3 Å². The molecule has 0 heterocycles. The molecule has 0 aliphatic heterocycles.